The van der Waals surface area contributed by atoms with E-state index in [4.69, 9.17) is 5.73 Å². The van der Waals surface area contributed by atoms with Crippen LogP contribution < -0.4 is 11.1 Å². The zero-order chi connectivity index (χ0) is 11.4. The first-order valence-corrected chi connectivity index (χ1v) is 5.85. The van der Waals surface area contributed by atoms with Gasteiger partial charge in [0.2, 0.25) is 0 Å². The number of nitrogens with zero attached hydrogens (tertiary/aromatic N) is 1. The summed E-state index contributed by atoms with van der Waals surface area (Å²) in [5.74, 6) is 1.21. The van der Waals surface area contributed by atoms with E-state index in [0.717, 1.165) is 13.1 Å². The summed E-state index contributed by atoms with van der Waals surface area (Å²) in [6.45, 7) is 1.51. The smallest absolute Gasteiger partial charge is 0.165 e. The van der Waals surface area contributed by atoms with Crippen LogP contribution in [0.2, 0.25) is 0 Å². The zero-order valence-electron chi connectivity index (χ0n) is 9.32. The predicted molar refractivity (Wildman–Crippen MR) is 62.6 cm³/mol. The van der Waals surface area contributed by atoms with Crippen molar-refractivity contribution in [1.29, 1.82) is 0 Å². The molecule has 0 radical (unpaired) electrons. The van der Waals surface area contributed by atoms with Crippen LogP contribution in [0.5, 0.6) is 0 Å². The molecule has 0 spiro atoms. The van der Waals surface area contributed by atoms with Crippen molar-refractivity contribution >= 4 is 5.82 Å². The van der Waals surface area contributed by atoms with Crippen LogP contribution >= 0.6 is 0 Å². The van der Waals surface area contributed by atoms with Crippen molar-refractivity contribution in [2.45, 2.75) is 19.3 Å². The van der Waals surface area contributed by atoms with Crippen molar-refractivity contribution in [3.8, 4) is 0 Å². The maximum Gasteiger partial charge on any atom is 0.165 e. The van der Waals surface area contributed by atoms with Crippen molar-refractivity contribution < 1.29 is 4.39 Å². The Bertz CT molecular complexity index is 343. The molecule has 1 fully saturated rings. The molecule has 1 saturated carbocycles. The van der Waals surface area contributed by atoms with E-state index in [1.54, 1.807) is 12.3 Å². The molecule has 1 heterocycles. The number of aromatic nitrogens is 1. The molecule has 0 saturated heterocycles. The third-order valence-electron chi connectivity index (χ3n) is 3.41. The number of rotatable bonds is 4. The first kappa shape index (κ1) is 11.3. The molecule has 0 bridgehead atoms. The fourth-order valence-electron chi connectivity index (χ4n) is 2.44. The molecule has 1 aliphatic carbocycles. The molecule has 2 atom stereocenters. The maximum absolute atomic E-state index is 13.3. The summed E-state index contributed by atoms with van der Waals surface area (Å²) in [7, 11) is 0. The minimum atomic E-state index is -0.287. The Morgan fingerprint density at radius 1 is 1.44 bits per heavy atom. The van der Waals surface area contributed by atoms with Crippen LogP contribution in [-0.4, -0.2) is 18.1 Å². The van der Waals surface area contributed by atoms with E-state index >= 15 is 0 Å². The lowest BCUT2D eigenvalue weighted by Crippen LogP contribution is -2.24. The number of hydrogen-bond donors (Lipinski definition) is 2. The molecule has 0 aliphatic heterocycles. The summed E-state index contributed by atoms with van der Waals surface area (Å²) in [6.07, 6.45) is 5.22. The van der Waals surface area contributed by atoms with E-state index in [9.17, 15) is 4.39 Å². The summed E-state index contributed by atoms with van der Waals surface area (Å²) in [5, 5.41) is 3.08. The first-order chi connectivity index (χ1) is 7.81. The lowest BCUT2D eigenvalue weighted by Gasteiger charge is -2.18. The molecule has 2 rings (SSSR count). The number of nitrogens with two attached hydrogens (primary N) is 1. The van der Waals surface area contributed by atoms with E-state index in [2.05, 4.69) is 10.3 Å². The van der Waals surface area contributed by atoms with Crippen LogP contribution in [0.4, 0.5) is 10.2 Å². The molecule has 1 aromatic heterocycles. The summed E-state index contributed by atoms with van der Waals surface area (Å²) in [6, 6.07) is 3.02. The van der Waals surface area contributed by atoms with E-state index in [1.807, 2.05) is 0 Å². The fourth-order valence-corrected chi connectivity index (χ4v) is 2.44. The minimum Gasteiger partial charge on any atom is -0.367 e. The van der Waals surface area contributed by atoms with Gasteiger partial charge in [-0.2, -0.15) is 0 Å². The quantitative estimate of drug-likeness (QED) is 0.821. The lowest BCUT2D eigenvalue weighted by molar-refractivity contribution is 0.413. The number of pyridine rings is 1. The van der Waals surface area contributed by atoms with Crippen molar-refractivity contribution in [3.05, 3.63) is 24.1 Å². The Balaban J connectivity index is 1.90. The highest BCUT2D eigenvalue weighted by Gasteiger charge is 2.25. The van der Waals surface area contributed by atoms with Crippen LogP contribution in [0, 0.1) is 17.7 Å². The van der Waals surface area contributed by atoms with Crippen molar-refractivity contribution in [3.63, 3.8) is 0 Å². The van der Waals surface area contributed by atoms with Crippen LogP contribution in [0.3, 0.4) is 0 Å². The second kappa shape index (κ2) is 5.25. The maximum atomic E-state index is 13.3. The van der Waals surface area contributed by atoms with E-state index in [0.29, 0.717) is 17.7 Å². The van der Waals surface area contributed by atoms with E-state index in [1.165, 1.54) is 25.3 Å². The summed E-state index contributed by atoms with van der Waals surface area (Å²) < 4.78 is 13.3. The molecular weight excluding hydrogens is 205 g/mol. The van der Waals surface area contributed by atoms with Gasteiger partial charge in [-0.3, -0.25) is 0 Å². The van der Waals surface area contributed by atoms with Crippen LogP contribution in [0.25, 0.3) is 0 Å². The second-order valence-electron chi connectivity index (χ2n) is 4.40. The standard InChI is InChI=1S/C12H18FN3/c13-11-5-2-6-15-12(11)16-8-10-4-1-3-9(10)7-14/h2,5-6,9-10H,1,3-4,7-8,14H2,(H,15,16). The fraction of sp³-hybridized carbons (Fsp3) is 0.583. The molecule has 0 aromatic carbocycles. The molecule has 2 unspecified atom stereocenters. The van der Waals surface area contributed by atoms with Crippen molar-refractivity contribution in [1.82, 2.24) is 4.98 Å². The van der Waals surface area contributed by atoms with Gasteiger partial charge in [0.05, 0.1) is 0 Å². The Kier molecular flexibility index (Phi) is 3.72. The number of nitrogens with one attached hydrogen (secondary N) is 1. The molecule has 3 nitrogen and oxygen atoms in total. The van der Waals surface area contributed by atoms with Gasteiger partial charge in [0.15, 0.2) is 11.6 Å². The predicted octanol–water partition coefficient (Wildman–Crippen LogP) is 2.01. The molecule has 0 amide bonds. The summed E-state index contributed by atoms with van der Waals surface area (Å²) in [5.41, 5.74) is 5.71. The van der Waals surface area contributed by atoms with Gasteiger partial charge in [-0.1, -0.05) is 6.42 Å². The highest BCUT2D eigenvalue weighted by Crippen LogP contribution is 2.30. The zero-order valence-corrected chi connectivity index (χ0v) is 9.32. The largest absolute Gasteiger partial charge is 0.367 e. The van der Waals surface area contributed by atoms with Gasteiger partial charge < -0.3 is 11.1 Å². The Morgan fingerprint density at radius 3 is 3.00 bits per heavy atom. The average Bonchev–Trinajstić information content (AvgIpc) is 2.75. The third-order valence-corrected chi connectivity index (χ3v) is 3.41. The molecule has 88 valence electrons. The first-order valence-electron chi connectivity index (χ1n) is 5.85. The van der Waals surface area contributed by atoms with Gasteiger partial charge in [-0.25, -0.2) is 9.37 Å². The number of anilines is 1. The topological polar surface area (TPSA) is 50.9 Å². The second-order valence-corrected chi connectivity index (χ2v) is 4.40. The van der Waals surface area contributed by atoms with Crippen LogP contribution in [0.1, 0.15) is 19.3 Å². The Hall–Kier alpha value is -1.16. The molecular formula is C12H18FN3. The average molecular weight is 223 g/mol. The highest BCUT2D eigenvalue weighted by molar-refractivity contribution is 5.35. The van der Waals surface area contributed by atoms with Gasteiger partial charge >= 0.3 is 0 Å². The monoisotopic (exact) mass is 223 g/mol. The molecule has 3 N–H and O–H groups in total. The van der Waals surface area contributed by atoms with Gasteiger partial charge in [-0.15, -0.1) is 0 Å². The molecule has 4 heteroatoms. The van der Waals surface area contributed by atoms with Gasteiger partial charge in [0, 0.05) is 12.7 Å². The minimum absolute atomic E-state index is 0.287. The Morgan fingerprint density at radius 2 is 2.25 bits per heavy atom. The highest BCUT2D eigenvalue weighted by atomic mass is 19.1. The Labute approximate surface area is 95.3 Å². The van der Waals surface area contributed by atoms with Gasteiger partial charge in [0.1, 0.15) is 0 Å². The number of hydrogen-bond acceptors (Lipinski definition) is 3. The molecule has 1 aliphatic rings. The lowest BCUT2D eigenvalue weighted by atomic mass is 9.96. The number of halogens is 1. The molecule has 16 heavy (non-hydrogen) atoms. The summed E-state index contributed by atoms with van der Waals surface area (Å²) >= 11 is 0. The van der Waals surface area contributed by atoms with E-state index in [-0.39, 0.29) is 5.82 Å². The van der Waals surface area contributed by atoms with Crippen molar-refractivity contribution in [2.24, 2.45) is 17.6 Å². The third kappa shape index (κ3) is 2.50. The molecule has 1 aromatic rings. The van der Waals surface area contributed by atoms with Gasteiger partial charge in [-0.05, 0) is 43.4 Å². The SMILES string of the molecule is NCC1CCCC1CNc1ncccc1F. The summed E-state index contributed by atoms with van der Waals surface area (Å²) in [4.78, 5) is 3.97. The van der Waals surface area contributed by atoms with Crippen molar-refractivity contribution in [2.75, 3.05) is 18.4 Å². The van der Waals surface area contributed by atoms with Crippen LogP contribution in [0.15, 0.2) is 18.3 Å². The van der Waals surface area contributed by atoms with Gasteiger partial charge in [0.25, 0.3) is 0 Å². The normalized spacial score (nSPS) is 24.6. The van der Waals surface area contributed by atoms with Crippen LogP contribution in [-0.2, 0) is 0 Å². The van der Waals surface area contributed by atoms with E-state index < -0.39 is 0 Å².